The standard InChI is InChI=1S/C43H68N8O10/c1-24(2)17-30(34(52)21-35(53)60-11)47-37(54)27(7)46-41(58)36(26(5)6)51-40(57)31(18-25(3)4)48-39(56)33(20-29-22-44-23-45-29)49-38(55)32(19-28-15-13-12-14-16-28)50-42(59)61-43(8,9)10/h12-16,22-27,30-34,36,52H,17-21H2,1-11H3,(H,44,45)(H,46,58)(H,47,54)(H,48,56)(H,49,55)(H,50,59)(H,51,57)/t27-,30-,31-,32-,33-,34-,36-/m0/s1. The third kappa shape index (κ3) is 19.2. The molecule has 0 bridgehead atoms. The maximum absolute atomic E-state index is 14.1. The molecular weight excluding hydrogens is 789 g/mol. The van der Waals surface area contributed by atoms with E-state index >= 15 is 0 Å². The Morgan fingerprint density at radius 2 is 1.28 bits per heavy atom. The molecule has 2 rings (SSSR count). The molecule has 0 saturated carbocycles. The molecule has 0 spiro atoms. The summed E-state index contributed by atoms with van der Waals surface area (Å²) in [6.45, 7) is 17.4. The number of ether oxygens (including phenoxy) is 2. The molecule has 0 aliphatic heterocycles. The fourth-order valence-electron chi connectivity index (χ4n) is 6.26. The number of esters is 1. The summed E-state index contributed by atoms with van der Waals surface area (Å²) < 4.78 is 10.1. The number of aromatic nitrogens is 2. The second-order valence-electron chi connectivity index (χ2n) is 17.5. The van der Waals surface area contributed by atoms with Crippen LogP contribution in [0.5, 0.6) is 0 Å². The number of alkyl carbamates (subject to hydrolysis) is 1. The van der Waals surface area contributed by atoms with E-state index in [1.54, 1.807) is 58.9 Å². The number of hydrogen-bond acceptors (Lipinski definition) is 11. The van der Waals surface area contributed by atoms with Gasteiger partial charge in [0.25, 0.3) is 0 Å². The summed E-state index contributed by atoms with van der Waals surface area (Å²) in [7, 11) is 1.20. The highest BCUT2D eigenvalue weighted by Crippen LogP contribution is 2.14. The zero-order valence-electron chi connectivity index (χ0n) is 37.4. The molecule has 0 radical (unpaired) electrons. The Morgan fingerprint density at radius 1 is 0.705 bits per heavy atom. The van der Waals surface area contributed by atoms with Crippen LogP contribution in [0.1, 0.15) is 99.8 Å². The van der Waals surface area contributed by atoms with Gasteiger partial charge >= 0.3 is 12.1 Å². The van der Waals surface area contributed by atoms with Crippen LogP contribution in [0.2, 0.25) is 0 Å². The summed E-state index contributed by atoms with van der Waals surface area (Å²) in [5, 5.41) is 26.9. The molecule has 1 aromatic carbocycles. The number of aliphatic hydroxyl groups is 1. The van der Waals surface area contributed by atoms with E-state index in [4.69, 9.17) is 4.74 Å². The van der Waals surface area contributed by atoms with E-state index in [1.807, 2.05) is 33.8 Å². The molecule has 2 aromatic rings. The van der Waals surface area contributed by atoms with E-state index in [-0.39, 0.29) is 37.5 Å². The number of benzene rings is 1. The lowest BCUT2D eigenvalue weighted by atomic mass is 9.97. The van der Waals surface area contributed by atoms with E-state index in [1.165, 1.54) is 26.6 Å². The van der Waals surface area contributed by atoms with E-state index in [0.29, 0.717) is 12.1 Å². The van der Waals surface area contributed by atoms with Crippen molar-refractivity contribution >= 4 is 41.6 Å². The van der Waals surface area contributed by atoms with Gasteiger partial charge in [0.05, 0.1) is 32.0 Å². The number of nitrogens with zero attached hydrogens (tertiary/aromatic N) is 1. The monoisotopic (exact) mass is 857 g/mol. The fourth-order valence-corrected chi connectivity index (χ4v) is 6.26. The molecule has 7 atom stereocenters. The number of hydrogen-bond donors (Lipinski definition) is 8. The molecule has 0 aliphatic rings. The maximum atomic E-state index is 14.1. The van der Waals surface area contributed by atoms with Crippen LogP contribution in [0.3, 0.4) is 0 Å². The van der Waals surface area contributed by atoms with Crippen LogP contribution < -0.4 is 31.9 Å². The number of nitrogens with one attached hydrogen (secondary N) is 7. The first-order chi connectivity index (χ1) is 28.5. The van der Waals surface area contributed by atoms with Gasteiger partial charge in [-0.15, -0.1) is 0 Å². The van der Waals surface area contributed by atoms with Gasteiger partial charge in [-0.2, -0.15) is 0 Å². The molecule has 1 heterocycles. The van der Waals surface area contributed by atoms with Gasteiger partial charge in [-0.1, -0.05) is 71.9 Å². The van der Waals surface area contributed by atoms with Crippen LogP contribution in [0.15, 0.2) is 42.9 Å². The van der Waals surface area contributed by atoms with Crippen molar-refractivity contribution in [2.24, 2.45) is 17.8 Å². The average molecular weight is 857 g/mol. The molecule has 1 aromatic heterocycles. The van der Waals surface area contributed by atoms with Gasteiger partial charge in [0.2, 0.25) is 29.5 Å². The lowest BCUT2D eigenvalue weighted by Crippen LogP contribution is -2.60. The third-order valence-corrected chi connectivity index (χ3v) is 9.36. The lowest BCUT2D eigenvalue weighted by Gasteiger charge is -2.29. The Kier molecular flexibility index (Phi) is 20.9. The predicted octanol–water partition coefficient (Wildman–Crippen LogP) is 2.20. The largest absolute Gasteiger partial charge is 0.469 e. The zero-order valence-corrected chi connectivity index (χ0v) is 37.4. The first-order valence-electron chi connectivity index (χ1n) is 20.8. The van der Waals surface area contributed by atoms with Gasteiger partial charge in [0.1, 0.15) is 35.8 Å². The Hall–Kier alpha value is -5.52. The Balaban J connectivity index is 2.30. The van der Waals surface area contributed by atoms with Crippen molar-refractivity contribution in [1.82, 2.24) is 41.9 Å². The normalized spacial score (nSPS) is 15.0. The van der Waals surface area contributed by atoms with Crippen molar-refractivity contribution in [3.8, 4) is 0 Å². The first kappa shape index (κ1) is 51.6. The number of aromatic amines is 1. The minimum Gasteiger partial charge on any atom is -0.469 e. The highest BCUT2D eigenvalue weighted by Gasteiger charge is 2.35. The minimum atomic E-state index is -1.25. The highest BCUT2D eigenvalue weighted by atomic mass is 16.6. The fraction of sp³-hybridized carbons (Fsp3) is 0.628. The zero-order chi connectivity index (χ0) is 46.0. The second-order valence-corrected chi connectivity index (χ2v) is 17.5. The van der Waals surface area contributed by atoms with Crippen molar-refractivity contribution < 1.29 is 48.1 Å². The van der Waals surface area contributed by atoms with E-state index in [2.05, 4.69) is 46.6 Å². The number of rotatable bonds is 23. The van der Waals surface area contributed by atoms with Crippen molar-refractivity contribution in [3.63, 3.8) is 0 Å². The molecule has 340 valence electrons. The Bertz CT molecular complexity index is 1730. The third-order valence-electron chi connectivity index (χ3n) is 9.36. The summed E-state index contributed by atoms with van der Waals surface area (Å²) in [5.74, 6) is -4.49. The number of carbonyl (C=O) groups excluding carboxylic acids is 7. The van der Waals surface area contributed by atoms with Crippen LogP contribution >= 0.6 is 0 Å². The average Bonchev–Trinajstić information content (AvgIpc) is 3.67. The molecule has 18 heteroatoms. The van der Waals surface area contributed by atoms with Gasteiger partial charge in [-0.3, -0.25) is 28.8 Å². The topological polar surface area (TPSA) is 259 Å². The number of aliphatic hydroxyl groups excluding tert-OH is 1. The second kappa shape index (κ2) is 24.7. The lowest BCUT2D eigenvalue weighted by molar-refractivity contribution is -0.144. The molecule has 0 fully saturated rings. The van der Waals surface area contributed by atoms with Crippen LogP contribution in [-0.4, -0.2) is 112 Å². The predicted molar refractivity (Wildman–Crippen MR) is 227 cm³/mol. The minimum absolute atomic E-state index is 0.0488. The maximum Gasteiger partial charge on any atom is 0.408 e. The number of carbonyl (C=O) groups is 7. The van der Waals surface area contributed by atoms with E-state index in [0.717, 1.165) is 5.56 Å². The Labute approximate surface area is 359 Å². The molecule has 0 saturated heterocycles. The summed E-state index contributed by atoms with van der Waals surface area (Å²) in [4.78, 5) is 101. The first-order valence-corrected chi connectivity index (χ1v) is 20.8. The highest BCUT2D eigenvalue weighted by molar-refractivity contribution is 5.96. The smallest absolute Gasteiger partial charge is 0.408 e. The van der Waals surface area contributed by atoms with Gasteiger partial charge in [-0.25, -0.2) is 9.78 Å². The summed E-state index contributed by atoms with van der Waals surface area (Å²) in [6, 6.07) is 2.42. The number of methoxy groups -OCH3 is 1. The van der Waals surface area contributed by atoms with Crippen LogP contribution in [0.4, 0.5) is 4.79 Å². The van der Waals surface area contributed by atoms with Gasteiger partial charge in [0, 0.05) is 24.7 Å². The van der Waals surface area contributed by atoms with Crippen molar-refractivity contribution in [1.29, 1.82) is 0 Å². The van der Waals surface area contributed by atoms with E-state index < -0.39 is 95.5 Å². The van der Waals surface area contributed by atoms with Crippen LogP contribution in [0.25, 0.3) is 0 Å². The van der Waals surface area contributed by atoms with Crippen molar-refractivity contribution in [2.45, 2.75) is 149 Å². The molecular formula is C43H68N8O10. The number of amides is 6. The van der Waals surface area contributed by atoms with Gasteiger partial charge in [-0.05, 0) is 63.9 Å². The van der Waals surface area contributed by atoms with Crippen molar-refractivity contribution in [2.75, 3.05) is 7.11 Å². The van der Waals surface area contributed by atoms with Crippen LogP contribution in [0, 0.1) is 17.8 Å². The molecule has 18 nitrogen and oxygen atoms in total. The van der Waals surface area contributed by atoms with Gasteiger partial charge in [0.15, 0.2) is 0 Å². The molecule has 61 heavy (non-hydrogen) atoms. The summed E-state index contributed by atoms with van der Waals surface area (Å²) in [5.41, 5.74) is 0.406. The molecule has 6 amide bonds. The molecule has 0 aliphatic carbocycles. The number of H-pyrrole nitrogens is 1. The van der Waals surface area contributed by atoms with Gasteiger partial charge < -0.3 is 51.5 Å². The summed E-state index contributed by atoms with van der Waals surface area (Å²) >= 11 is 0. The molecule has 0 unspecified atom stereocenters. The molecule has 8 N–H and O–H groups in total. The summed E-state index contributed by atoms with van der Waals surface area (Å²) in [6.07, 6.45) is 1.07. The van der Waals surface area contributed by atoms with Crippen LogP contribution in [-0.2, 0) is 51.1 Å². The SMILES string of the molecule is COC(=O)C[C@H](O)[C@H](CC(C)C)NC(=O)[C@H](C)NC(=O)[C@@H](NC(=O)[C@H](CC(C)C)NC(=O)[C@H](Cc1cnc[nH]1)NC(=O)[C@H](Cc1ccccc1)NC(=O)OC(C)(C)C)C(C)C. The van der Waals surface area contributed by atoms with Crippen molar-refractivity contribution in [3.05, 3.63) is 54.1 Å². The Morgan fingerprint density at radius 3 is 1.80 bits per heavy atom. The van der Waals surface area contributed by atoms with E-state index in [9.17, 15) is 38.7 Å². The number of imidazole rings is 1. The quantitative estimate of drug-likeness (QED) is 0.0752.